The van der Waals surface area contributed by atoms with Crippen molar-refractivity contribution in [2.24, 2.45) is 0 Å². The van der Waals surface area contributed by atoms with E-state index in [1.165, 1.54) is 49.5 Å². The van der Waals surface area contributed by atoms with Gasteiger partial charge in [0.05, 0.1) is 6.42 Å². The quantitative estimate of drug-likeness (QED) is 0.832. The Morgan fingerprint density at radius 3 is 2.52 bits per heavy atom. The molecule has 1 saturated heterocycles. The summed E-state index contributed by atoms with van der Waals surface area (Å²) in [6, 6.07) is 5.41. The number of aromatic nitrogens is 1. The molecule has 27 heavy (non-hydrogen) atoms. The predicted octanol–water partition coefficient (Wildman–Crippen LogP) is 2.25. The number of amides is 4. The molecule has 1 aliphatic heterocycles. The van der Waals surface area contributed by atoms with E-state index in [2.05, 4.69) is 10.3 Å². The van der Waals surface area contributed by atoms with E-state index in [1.807, 2.05) is 0 Å². The van der Waals surface area contributed by atoms with Crippen LogP contribution in [-0.2, 0) is 9.59 Å². The third-order valence-electron chi connectivity index (χ3n) is 4.34. The molecular weight excluding hydrogens is 358 g/mol. The third-order valence-corrected chi connectivity index (χ3v) is 4.34. The molecule has 0 radical (unpaired) electrons. The summed E-state index contributed by atoms with van der Waals surface area (Å²) in [6.07, 6.45) is 1.09. The number of rotatable bonds is 4. The van der Waals surface area contributed by atoms with Crippen LogP contribution < -0.4 is 5.32 Å². The molecule has 1 aromatic carbocycles. The van der Waals surface area contributed by atoms with Crippen LogP contribution in [0.4, 0.5) is 19.4 Å². The van der Waals surface area contributed by atoms with Crippen molar-refractivity contribution in [1.29, 1.82) is 0 Å². The summed E-state index contributed by atoms with van der Waals surface area (Å²) >= 11 is 0. The van der Waals surface area contributed by atoms with E-state index in [4.69, 9.17) is 0 Å². The number of nitrogens with zero attached hydrogens (tertiary/aromatic N) is 3. The lowest BCUT2D eigenvalue weighted by molar-refractivity contribution is -0.129. The van der Waals surface area contributed by atoms with Crippen molar-refractivity contribution >= 4 is 23.7 Å². The Labute approximate surface area is 153 Å². The van der Waals surface area contributed by atoms with Gasteiger partial charge in [-0.05, 0) is 18.2 Å². The number of anilines is 1. The van der Waals surface area contributed by atoms with Crippen LogP contribution >= 0.6 is 0 Å². The van der Waals surface area contributed by atoms with E-state index in [1.54, 1.807) is 0 Å². The molecule has 140 valence electrons. The fourth-order valence-electron chi connectivity index (χ4n) is 2.80. The SMILES string of the molecule is CN1C(=O)C(CC(=O)Nc2ccc(-c3cccc(F)c3F)cn2)N(C)C1=O. The lowest BCUT2D eigenvalue weighted by Crippen LogP contribution is -2.35. The zero-order valence-electron chi connectivity index (χ0n) is 14.6. The van der Waals surface area contributed by atoms with Crippen molar-refractivity contribution < 1.29 is 23.2 Å². The number of halogens is 2. The molecule has 2 aromatic rings. The van der Waals surface area contributed by atoms with Crippen molar-refractivity contribution in [2.45, 2.75) is 12.5 Å². The molecule has 2 heterocycles. The minimum Gasteiger partial charge on any atom is -0.315 e. The van der Waals surface area contributed by atoms with Gasteiger partial charge in [-0.25, -0.2) is 18.6 Å². The molecule has 1 aliphatic rings. The van der Waals surface area contributed by atoms with Gasteiger partial charge in [0.15, 0.2) is 11.6 Å². The Hall–Kier alpha value is -3.36. The zero-order chi connectivity index (χ0) is 19.7. The first-order valence-electron chi connectivity index (χ1n) is 8.04. The molecule has 1 fully saturated rings. The van der Waals surface area contributed by atoms with Gasteiger partial charge in [0, 0.05) is 31.4 Å². The highest BCUT2D eigenvalue weighted by molar-refractivity contribution is 6.06. The topological polar surface area (TPSA) is 82.6 Å². The fraction of sp³-hybridized carbons (Fsp3) is 0.222. The van der Waals surface area contributed by atoms with Crippen molar-refractivity contribution in [3.05, 3.63) is 48.2 Å². The van der Waals surface area contributed by atoms with Gasteiger partial charge < -0.3 is 10.2 Å². The summed E-state index contributed by atoms with van der Waals surface area (Å²) < 4.78 is 27.1. The monoisotopic (exact) mass is 374 g/mol. The van der Waals surface area contributed by atoms with Gasteiger partial charge in [-0.15, -0.1) is 0 Å². The Morgan fingerprint density at radius 1 is 1.19 bits per heavy atom. The maximum Gasteiger partial charge on any atom is 0.326 e. The van der Waals surface area contributed by atoms with Gasteiger partial charge in [0.1, 0.15) is 11.9 Å². The average Bonchev–Trinajstić information content (AvgIpc) is 2.83. The molecule has 4 amide bonds. The van der Waals surface area contributed by atoms with E-state index in [-0.39, 0.29) is 17.8 Å². The summed E-state index contributed by atoms with van der Waals surface area (Å²) in [7, 11) is 2.80. The lowest BCUT2D eigenvalue weighted by atomic mass is 10.1. The summed E-state index contributed by atoms with van der Waals surface area (Å²) in [5.74, 6) is -2.71. The average molecular weight is 374 g/mol. The minimum absolute atomic E-state index is 0.0557. The van der Waals surface area contributed by atoms with E-state index >= 15 is 0 Å². The molecule has 0 aliphatic carbocycles. The molecule has 1 unspecified atom stereocenters. The van der Waals surface area contributed by atoms with Crippen molar-refractivity contribution in [3.8, 4) is 11.1 Å². The van der Waals surface area contributed by atoms with Crippen LogP contribution in [0.15, 0.2) is 36.5 Å². The third kappa shape index (κ3) is 3.48. The second-order valence-corrected chi connectivity index (χ2v) is 6.09. The fourth-order valence-corrected chi connectivity index (χ4v) is 2.80. The molecule has 0 saturated carbocycles. The van der Waals surface area contributed by atoms with Crippen LogP contribution in [0, 0.1) is 11.6 Å². The van der Waals surface area contributed by atoms with Crippen molar-refractivity contribution in [2.75, 3.05) is 19.4 Å². The van der Waals surface area contributed by atoms with Crippen LogP contribution in [-0.4, -0.2) is 52.8 Å². The van der Waals surface area contributed by atoms with E-state index in [0.717, 1.165) is 11.0 Å². The summed E-state index contributed by atoms with van der Waals surface area (Å²) in [6.45, 7) is 0. The van der Waals surface area contributed by atoms with Gasteiger partial charge >= 0.3 is 6.03 Å². The number of urea groups is 1. The molecule has 0 spiro atoms. The van der Waals surface area contributed by atoms with Gasteiger partial charge in [0.2, 0.25) is 5.91 Å². The van der Waals surface area contributed by atoms with Gasteiger partial charge in [0.25, 0.3) is 5.91 Å². The van der Waals surface area contributed by atoms with E-state index in [0.29, 0.717) is 5.56 Å². The first kappa shape index (κ1) is 18.4. The zero-order valence-corrected chi connectivity index (χ0v) is 14.6. The number of carbonyl (C=O) groups is 3. The highest BCUT2D eigenvalue weighted by atomic mass is 19.2. The number of likely N-dealkylation sites (N-methyl/N-ethyl adjacent to an activating group) is 2. The molecule has 1 aromatic heterocycles. The normalized spacial score (nSPS) is 16.8. The molecule has 9 heteroatoms. The number of imide groups is 1. The van der Waals surface area contributed by atoms with E-state index < -0.39 is 35.5 Å². The van der Waals surface area contributed by atoms with Gasteiger partial charge in [-0.3, -0.25) is 14.5 Å². The van der Waals surface area contributed by atoms with Crippen LogP contribution in [0.2, 0.25) is 0 Å². The van der Waals surface area contributed by atoms with Crippen molar-refractivity contribution in [3.63, 3.8) is 0 Å². The van der Waals surface area contributed by atoms with Crippen LogP contribution in [0.25, 0.3) is 11.1 Å². The summed E-state index contributed by atoms with van der Waals surface area (Å²) in [4.78, 5) is 42.0. The van der Waals surface area contributed by atoms with E-state index in [9.17, 15) is 23.2 Å². The first-order valence-corrected chi connectivity index (χ1v) is 8.04. The highest BCUT2D eigenvalue weighted by Crippen LogP contribution is 2.24. The summed E-state index contributed by atoms with van der Waals surface area (Å²) in [5.41, 5.74) is 0.406. The number of benzene rings is 1. The molecule has 7 nitrogen and oxygen atoms in total. The van der Waals surface area contributed by atoms with Crippen LogP contribution in [0.1, 0.15) is 6.42 Å². The maximum atomic E-state index is 13.8. The smallest absolute Gasteiger partial charge is 0.315 e. The molecule has 1 N–H and O–H groups in total. The van der Waals surface area contributed by atoms with Crippen LogP contribution in [0.3, 0.4) is 0 Å². The second-order valence-electron chi connectivity index (χ2n) is 6.09. The predicted molar refractivity (Wildman–Crippen MR) is 92.6 cm³/mol. The lowest BCUT2D eigenvalue weighted by Gasteiger charge is -2.15. The highest BCUT2D eigenvalue weighted by Gasteiger charge is 2.41. The Balaban J connectivity index is 1.68. The summed E-state index contributed by atoms with van der Waals surface area (Å²) in [5, 5.41) is 2.52. The number of nitrogens with one attached hydrogen (secondary N) is 1. The minimum atomic E-state index is -0.979. The Morgan fingerprint density at radius 2 is 1.93 bits per heavy atom. The second kappa shape index (κ2) is 7.10. The standard InChI is InChI=1S/C18H16F2N4O3/c1-23-13(17(26)24(2)18(23)27)8-15(25)22-14-7-6-10(9-21-14)11-4-3-5-12(19)16(11)20/h3-7,9,13H,8H2,1-2H3,(H,21,22,25). The Bertz CT molecular complexity index is 917. The number of pyridine rings is 1. The first-order chi connectivity index (χ1) is 12.8. The van der Waals surface area contributed by atoms with Gasteiger partial charge in [-0.2, -0.15) is 0 Å². The Kier molecular flexibility index (Phi) is 4.85. The number of hydrogen-bond acceptors (Lipinski definition) is 4. The van der Waals surface area contributed by atoms with Gasteiger partial charge in [-0.1, -0.05) is 12.1 Å². The molecule has 0 bridgehead atoms. The van der Waals surface area contributed by atoms with Crippen LogP contribution in [0.5, 0.6) is 0 Å². The molecular formula is C18H16F2N4O3. The largest absolute Gasteiger partial charge is 0.326 e. The van der Waals surface area contributed by atoms with Crippen molar-refractivity contribution in [1.82, 2.24) is 14.8 Å². The number of hydrogen-bond donors (Lipinski definition) is 1. The molecule has 1 atom stereocenters. The number of carbonyl (C=O) groups excluding carboxylic acids is 3. The molecule has 3 rings (SSSR count). The maximum absolute atomic E-state index is 13.8.